The van der Waals surface area contributed by atoms with E-state index in [0.717, 1.165) is 32.1 Å². The summed E-state index contributed by atoms with van der Waals surface area (Å²) in [6, 6.07) is 4.65. The van der Waals surface area contributed by atoms with Gasteiger partial charge in [-0.3, -0.25) is 14.4 Å². The van der Waals surface area contributed by atoms with Crippen LogP contribution >= 0.6 is 0 Å². The van der Waals surface area contributed by atoms with Gasteiger partial charge in [0.15, 0.2) is 0 Å². The predicted octanol–water partition coefficient (Wildman–Crippen LogP) is 4.54. The second-order valence-electron chi connectivity index (χ2n) is 9.63. The average molecular weight is 444 g/mol. The van der Waals surface area contributed by atoms with Gasteiger partial charge < -0.3 is 15.5 Å². The molecule has 1 aromatic rings. The number of rotatable bonds is 6. The van der Waals surface area contributed by atoms with Crippen LogP contribution in [0.1, 0.15) is 77.0 Å². The summed E-state index contributed by atoms with van der Waals surface area (Å²) < 4.78 is 14.5. The molecule has 2 N–H and O–H groups in total. The first-order valence-corrected chi connectivity index (χ1v) is 12.2. The molecule has 2 saturated carbocycles. The standard InChI is InChI=1S/C25H34FN3O3/c26-21-16-20(12-13-22(21)29-14-4-7-24(29)31)28-25(32)18-8-10-19(11-9-18)27-23(30)15-17-5-2-1-3-6-17/h12-13,16-19H,1-11,14-15H2,(H,27,30)(H,28,32). The van der Waals surface area contributed by atoms with Gasteiger partial charge in [0.05, 0.1) is 5.69 Å². The van der Waals surface area contributed by atoms with Crippen molar-refractivity contribution in [1.29, 1.82) is 0 Å². The Balaban J connectivity index is 1.22. The number of hydrogen-bond acceptors (Lipinski definition) is 3. The minimum absolute atomic E-state index is 0.0664. The van der Waals surface area contributed by atoms with Gasteiger partial charge in [0.1, 0.15) is 5.82 Å². The summed E-state index contributed by atoms with van der Waals surface area (Å²) in [6.45, 7) is 0.530. The van der Waals surface area contributed by atoms with Crippen LogP contribution in [0.25, 0.3) is 0 Å². The minimum Gasteiger partial charge on any atom is -0.353 e. The van der Waals surface area contributed by atoms with Gasteiger partial charge in [-0.05, 0) is 69.1 Å². The number of nitrogens with one attached hydrogen (secondary N) is 2. The van der Waals surface area contributed by atoms with Crippen LogP contribution in [0, 0.1) is 17.7 Å². The van der Waals surface area contributed by atoms with Crippen LogP contribution in [-0.2, 0) is 14.4 Å². The van der Waals surface area contributed by atoms with Crippen molar-refractivity contribution in [2.75, 3.05) is 16.8 Å². The largest absolute Gasteiger partial charge is 0.353 e. The van der Waals surface area contributed by atoms with Gasteiger partial charge in [0, 0.05) is 37.0 Å². The summed E-state index contributed by atoms with van der Waals surface area (Å²) >= 11 is 0. The monoisotopic (exact) mass is 443 g/mol. The number of carbonyl (C=O) groups is 3. The molecule has 0 bridgehead atoms. The van der Waals surface area contributed by atoms with Crippen molar-refractivity contribution in [3.63, 3.8) is 0 Å². The molecule has 32 heavy (non-hydrogen) atoms. The lowest BCUT2D eigenvalue weighted by atomic mass is 9.84. The molecule has 0 spiro atoms. The lowest BCUT2D eigenvalue weighted by molar-refractivity contribution is -0.123. The second kappa shape index (κ2) is 10.5. The Morgan fingerprint density at radius 1 is 1.00 bits per heavy atom. The fourth-order valence-corrected chi connectivity index (χ4v) is 5.39. The number of anilines is 2. The second-order valence-corrected chi connectivity index (χ2v) is 9.63. The molecule has 0 atom stereocenters. The molecule has 0 aromatic heterocycles. The van der Waals surface area contributed by atoms with Crippen molar-refractivity contribution < 1.29 is 18.8 Å². The van der Waals surface area contributed by atoms with Crippen LogP contribution < -0.4 is 15.5 Å². The Kier molecular flexibility index (Phi) is 7.43. The van der Waals surface area contributed by atoms with E-state index >= 15 is 0 Å². The van der Waals surface area contributed by atoms with Crippen molar-refractivity contribution in [2.45, 2.75) is 83.1 Å². The number of hydrogen-bond donors (Lipinski definition) is 2. The summed E-state index contributed by atoms with van der Waals surface area (Å²) in [5.41, 5.74) is 0.681. The first-order valence-electron chi connectivity index (χ1n) is 12.2. The molecule has 7 heteroatoms. The van der Waals surface area contributed by atoms with Gasteiger partial charge in [-0.1, -0.05) is 19.3 Å². The Hall–Kier alpha value is -2.44. The Morgan fingerprint density at radius 2 is 1.75 bits per heavy atom. The normalized spacial score (nSPS) is 24.4. The average Bonchev–Trinajstić information content (AvgIpc) is 3.20. The van der Waals surface area contributed by atoms with E-state index in [4.69, 9.17) is 0 Å². The molecule has 6 nitrogen and oxygen atoms in total. The van der Waals surface area contributed by atoms with Crippen LogP contribution in [0.5, 0.6) is 0 Å². The topological polar surface area (TPSA) is 78.5 Å². The molecular weight excluding hydrogens is 409 g/mol. The van der Waals surface area contributed by atoms with Gasteiger partial charge >= 0.3 is 0 Å². The Morgan fingerprint density at radius 3 is 2.41 bits per heavy atom. The van der Waals surface area contributed by atoms with Crippen LogP contribution in [0.15, 0.2) is 18.2 Å². The fraction of sp³-hybridized carbons (Fsp3) is 0.640. The zero-order chi connectivity index (χ0) is 22.5. The fourth-order valence-electron chi connectivity index (χ4n) is 5.39. The third kappa shape index (κ3) is 5.67. The van der Waals surface area contributed by atoms with Crippen LogP contribution in [-0.4, -0.2) is 30.3 Å². The maximum absolute atomic E-state index is 14.5. The van der Waals surface area contributed by atoms with Crippen molar-refractivity contribution in [2.24, 2.45) is 11.8 Å². The molecule has 3 amide bonds. The molecule has 1 aromatic carbocycles. The van der Waals surface area contributed by atoms with E-state index in [9.17, 15) is 18.8 Å². The molecule has 0 unspecified atom stereocenters. The maximum Gasteiger partial charge on any atom is 0.227 e. The smallest absolute Gasteiger partial charge is 0.227 e. The van der Waals surface area contributed by atoms with E-state index < -0.39 is 5.82 Å². The molecule has 4 rings (SSSR count). The van der Waals surface area contributed by atoms with Gasteiger partial charge in [0.2, 0.25) is 17.7 Å². The van der Waals surface area contributed by atoms with Crippen molar-refractivity contribution in [1.82, 2.24) is 5.32 Å². The molecule has 3 aliphatic rings. The highest BCUT2D eigenvalue weighted by atomic mass is 19.1. The van der Waals surface area contributed by atoms with Crippen molar-refractivity contribution in [3.8, 4) is 0 Å². The van der Waals surface area contributed by atoms with E-state index in [2.05, 4.69) is 10.6 Å². The predicted molar refractivity (Wildman–Crippen MR) is 122 cm³/mol. The number of benzene rings is 1. The molecule has 2 aliphatic carbocycles. The summed E-state index contributed by atoms with van der Waals surface area (Å²) in [5.74, 6) is -0.130. The number of nitrogens with zero attached hydrogens (tertiary/aromatic N) is 1. The third-order valence-electron chi connectivity index (χ3n) is 7.24. The van der Waals surface area contributed by atoms with E-state index in [0.29, 0.717) is 43.8 Å². The Bertz CT molecular complexity index is 845. The SMILES string of the molecule is O=C(CC1CCCCC1)NC1CCC(C(=O)Nc2ccc(N3CCCC3=O)c(F)c2)CC1. The minimum atomic E-state index is -0.498. The van der Waals surface area contributed by atoms with Crippen LogP contribution in [0.2, 0.25) is 0 Å². The Labute approximate surface area is 189 Å². The lowest BCUT2D eigenvalue weighted by Gasteiger charge is -2.29. The molecule has 0 radical (unpaired) electrons. The number of amides is 3. The molecule has 1 saturated heterocycles. The summed E-state index contributed by atoms with van der Waals surface area (Å²) in [4.78, 5) is 38.4. The molecule has 1 heterocycles. The zero-order valence-electron chi connectivity index (χ0n) is 18.7. The van der Waals surface area contributed by atoms with Gasteiger partial charge in [0.25, 0.3) is 0 Å². The van der Waals surface area contributed by atoms with Crippen LogP contribution in [0.3, 0.4) is 0 Å². The maximum atomic E-state index is 14.5. The summed E-state index contributed by atoms with van der Waals surface area (Å²) in [7, 11) is 0. The number of carbonyl (C=O) groups excluding carboxylic acids is 3. The highest BCUT2D eigenvalue weighted by Gasteiger charge is 2.29. The van der Waals surface area contributed by atoms with E-state index in [1.54, 1.807) is 12.1 Å². The van der Waals surface area contributed by atoms with Crippen molar-refractivity contribution in [3.05, 3.63) is 24.0 Å². The van der Waals surface area contributed by atoms with E-state index in [1.807, 2.05) is 0 Å². The molecule has 1 aliphatic heterocycles. The van der Waals surface area contributed by atoms with Gasteiger partial charge in [-0.15, -0.1) is 0 Å². The quantitative estimate of drug-likeness (QED) is 0.678. The van der Waals surface area contributed by atoms with Crippen molar-refractivity contribution >= 4 is 29.1 Å². The summed E-state index contributed by atoms with van der Waals surface area (Å²) in [6.07, 6.45) is 10.9. The van der Waals surface area contributed by atoms with E-state index in [-0.39, 0.29) is 35.4 Å². The third-order valence-corrected chi connectivity index (χ3v) is 7.24. The molecule has 3 fully saturated rings. The van der Waals surface area contributed by atoms with E-state index in [1.165, 1.54) is 30.2 Å². The highest BCUT2D eigenvalue weighted by molar-refractivity contribution is 5.96. The van der Waals surface area contributed by atoms with Gasteiger partial charge in [-0.25, -0.2) is 4.39 Å². The van der Waals surface area contributed by atoms with Crippen LogP contribution in [0.4, 0.5) is 15.8 Å². The molecule has 174 valence electrons. The number of halogens is 1. The first-order chi connectivity index (χ1) is 15.5. The zero-order valence-corrected chi connectivity index (χ0v) is 18.7. The highest BCUT2D eigenvalue weighted by Crippen LogP contribution is 2.30. The summed E-state index contributed by atoms with van der Waals surface area (Å²) in [5, 5.41) is 5.99. The molecular formula is C25H34FN3O3. The lowest BCUT2D eigenvalue weighted by Crippen LogP contribution is -2.40. The first kappa shape index (κ1) is 22.7. The van der Waals surface area contributed by atoms with Gasteiger partial charge in [-0.2, -0.15) is 0 Å².